The average molecular weight is 491 g/mol. The van der Waals surface area contributed by atoms with Crippen LogP contribution in [0.5, 0.6) is 0 Å². The van der Waals surface area contributed by atoms with E-state index < -0.39 is 0 Å². The average Bonchev–Trinajstić information content (AvgIpc) is 3.59. The van der Waals surface area contributed by atoms with Crippen LogP contribution in [0, 0.1) is 0 Å². The van der Waals surface area contributed by atoms with E-state index in [4.69, 9.17) is 0 Å². The first-order chi connectivity index (χ1) is 16.2. The zero-order valence-electron chi connectivity index (χ0n) is 16.3. The molecule has 0 spiro atoms. The molecule has 0 saturated heterocycles. The van der Waals surface area contributed by atoms with Crippen molar-refractivity contribution in [3.63, 3.8) is 0 Å². The van der Waals surface area contributed by atoms with E-state index >= 15 is 0 Å². The second-order valence-electron chi connectivity index (χ2n) is 6.96. The molecular weight excluding hydrogens is 480 g/mol. The standard InChI is InChI=1S/C20H10N8O2S3/c29-19(9-1-3-11-15(7-9)26-31-23-11)21-13-5-6-14-18(28-33-25-14)17(13)22-20(30)10-2-4-12-16(8-10)27-32-24-12/h1-8H,(H,21,29)(H,22,30). The number of fused-ring (bicyclic) bond motifs is 3. The molecule has 0 fully saturated rings. The summed E-state index contributed by atoms with van der Waals surface area (Å²) in [6.07, 6.45) is 0. The first kappa shape index (κ1) is 19.7. The Morgan fingerprint density at radius 2 is 1.09 bits per heavy atom. The minimum atomic E-state index is -0.365. The number of aromatic nitrogens is 6. The van der Waals surface area contributed by atoms with Gasteiger partial charge in [-0.15, -0.1) is 0 Å². The summed E-state index contributed by atoms with van der Waals surface area (Å²) in [5, 5.41) is 5.75. The third kappa shape index (κ3) is 3.57. The van der Waals surface area contributed by atoms with E-state index in [1.165, 1.54) is 0 Å². The van der Waals surface area contributed by atoms with Gasteiger partial charge in [-0.2, -0.15) is 26.2 Å². The SMILES string of the molecule is O=C(Nc1ccc2nsnc2c1NC(=O)c1ccc2nsnc2c1)c1ccc2nsnc2c1. The van der Waals surface area contributed by atoms with Crippen LogP contribution in [-0.4, -0.2) is 38.1 Å². The normalized spacial score (nSPS) is 11.3. The van der Waals surface area contributed by atoms with Crippen LogP contribution < -0.4 is 10.6 Å². The third-order valence-corrected chi connectivity index (χ3v) is 6.60. The molecule has 2 N–H and O–H groups in total. The Morgan fingerprint density at radius 1 is 0.576 bits per heavy atom. The van der Waals surface area contributed by atoms with Crippen LogP contribution in [0.1, 0.15) is 20.7 Å². The highest BCUT2D eigenvalue weighted by molar-refractivity contribution is 7.00. The number of anilines is 2. The number of rotatable bonds is 4. The Bertz CT molecular complexity index is 1690. The molecule has 0 aliphatic carbocycles. The summed E-state index contributed by atoms with van der Waals surface area (Å²) in [6, 6.07) is 13.6. The van der Waals surface area contributed by atoms with Crippen molar-refractivity contribution in [3.8, 4) is 0 Å². The van der Waals surface area contributed by atoms with Crippen molar-refractivity contribution in [1.82, 2.24) is 26.2 Å². The molecule has 3 aromatic heterocycles. The molecule has 0 atom stereocenters. The van der Waals surface area contributed by atoms with Gasteiger partial charge in [0.1, 0.15) is 33.1 Å². The lowest BCUT2D eigenvalue weighted by Gasteiger charge is -2.13. The van der Waals surface area contributed by atoms with Gasteiger partial charge in [-0.25, -0.2) is 0 Å². The largest absolute Gasteiger partial charge is 0.320 e. The fraction of sp³-hybridized carbons (Fsp3) is 0. The number of nitrogens with zero attached hydrogens (tertiary/aromatic N) is 6. The number of amides is 2. The van der Waals surface area contributed by atoms with Gasteiger partial charge >= 0.3 is 0 Å². The highest BCUT2D eigenvalue weighted by atomic mass is 32.1. The van der Waals surface area contributed by atoms with Crippen LogP contribution in [0.4, 0.5) is 11.4 Å². The van der Waals surface area contributed by atoms with Gasteiger partial charge in [-0.05, 0) is 48.5 Å². The summed E-state index contributed by atoms with van der Waals surface area (Å²) >= 11 is 3.20. The number of nitrogens with one attached hydrogen (secondary N) is 2. The van der Waals surface area contributed by atoms with E-state index in [-0.39, 0.29) is 11.8 Å². The summed E-state index contributed by atoms with van der Waals surface area (Å²) in [5.41, 5.74) is 5.45. The first-order valence-corrected chi connectivity index (χ1v) is 11.7. The smallest absolute Gasteiger partial charge is 0.255 e. The molecule has 0 aliphatic heterocycles. The molecule has 0 unspecified atom stereocenters. The molecule has 0 aliphatic rings. The van der Waals surface area contributed by atoms with Crippen molar-refractivity contribution >= 4 is 91.5 Å². The predicted molar refractivity (Wildman–Crippen MR) is 128 cm³/mol. The summed E-state index contributed by atoms with van der Waals surface area (Å²) in [6.45, 7) is 0. The van der Waals surface area contributed by atoms with E-state index in [2.05, 4.69) is 36.9 Å². The molecule has 0 radical (unpaired) electrons. The van der Waals surface area contributed by atoms with Crippen molar-refractivity contribution in [2.24, 2.45) is 0 Å². The minimum Gasteiger partial charge on any atom is -0.320 e. The monoisotopic (exact) mass is 490 g/mol. The van der Waals surface area contributed by atoms with Crippen molar-refractivity contribution in [2.45, 2.75) is 0 Å². The highest BCUT2D eigenvalue weighted by Crippen LogP contribution is 2.31. The molecule has 6 aromatic rings. The zero-order valence-corrected chi connectivity index (χ0v) is 18.8. The van der Waals surface area contributed by atoms with E-state index in [9.17, 15) is 9.59 Å². The molecule has 3 aromatic carbocycles. The van der Waals surface area contributed by atoms with Crippen molar-refractivity contribution in [2.75, 3.05) is 10.6 Å². The van der Waals surface area contributed by atoms with Gasteiger partial charge < -0.3 is 10.6 Å². The van der Waals surface area contributed by atoms with Crippen LogP contribution in [0.3, 0.4) is 0 Å². The van der Waals surface area contributed by atoms with Crippen molar-refractivity contribution in [3.05, 3.63) is 59.7 Å². The zero-order chi connectivity index (χ0) is 22.4. The van der Waals surface area contributed by atoms with Crippen LogP contribution in [0.2, 0.25) is 0 Å². The number of hydrogen-bond acceptors (Lipinski definition) is 11. The van der Waals surface area contributed by atoms with Gasteiger partial charge in [0.2, 0.25) is 0 Å². The van der Waals surface area contributed by atoms with Gasteiger partial charge in [-0.1, -0.05) is 0 Å². The Kier molecular flexibility index (Phi) is 4.71. The lowest BCUT2D eigenvalue weighted by Crippen LogP contribution is -2.17. The molecule has 2 amide bonds. The second-order valence-corrected chi connectivity index (χ2v) is 8.55. The molecule has 160 valence electrons. The van der Waals surface area contributed by atoms with E-state index in [1.54, 1.807) is 48.5 Å². The topological polar surface area (TPSA) is 136 Å². The Hall–Kier alpha value is -3.94. The first-order valence-electron chi connectivity index (χ1n) is 9.48. The summed E-state index contributed by atoms with van der Waals surface area (Å²) in [4.78, 5) is 26.0. The van der Waals surface area contributed by atoms with Crippen LogP contribution in [0.15, 0.2) is 48.5 Å². The summed E-state index contributed by atoms with van der Waals surface area (Å²) in [7, 11) is 0. The molecular formula is C20H10N8O2S3. The maximum atomic E-state index is 13.0. The Labute approximate surface area is 197 Å². The highest BCUT2D eigenvalue weighted by Gasteiger charge is 2.18. The van der Waals surface area contributed by atoms with Gasteiger partial charge in [0, 0.05) is 11.1 Å². The molecule has 3 heterocycles. The summed E-state index contributed by atoms with van der Waals surface area (Å²) in [5.74, 6) is -0.714. The van der Waals surface area contributed by atoms with E-state index in [0.717, 1.165) is 46.2 Å². The lowest BCUT2D eigenvalue weighted by molar-refractivity contribution is 0.101. The van der Waals surface area contributed by atoms with Crippen molar-refractivity contribution < 1.29 is 9.59 Å². The van der Waals surface area contributed by atoms with E-state index in [0.29, 0.717) is 44.6 Å². The minimum absolute atomic E-state index is 0.349. The molecule has 10 nitrogen and oxygen atoms in total. The third-order valence-electron chi connectivity index (χ3n) is 4.95. The van der Waals surface area contributed by atoms with Gasteiger partial charge in [0.05, 0.1) is 46.6 Å². The maximum absolute atomic E-state index is 13.0. The quantitative estimate of drug-likeness (QED) is 0.375. The fourth-order valence-corrected chi connectivity index (χ4v) is 4.89. The molecule has 0 saturated carbocycles. The molecule has 0 bridgehead atoms. The maximum Gasteiger partial charge on any atom is 0.255 e. The molecule has 6 rings (SSSR count). The van der Waals surface area contributed by atoms with Crippen LogP contribution in [-0.2, 0) is 0 Å². The number of carbonyl (C=O) groups excluding carboxylic acids is 2. The van der Waals surface area contributed by atoms with Gasteiger partial charge in [0.25, 0.3) is 11.8 Å². The Balaban J connectivity index is 1.35. The second kappa shape index (κ2) is 7.88. The summed E-state index contributed by atoms with van der Waals surface area (Å²) < 4.78 is 25.2. The molecule has 33 heavy (non-hydrogen) atoms. The fourth-order valence-electron chi connectivity index (χ4n) is 3.31. The Morgan fingerprint density at radius 3 is 1.76 bits per heavy atom. The molecule has 13 heteroatoms. The van der Waals surface area contributed by atoms with Crippen molar-refractivity contribution in [1.29, 1.82) is 0 Å². The predicted octanol–water partition coefficient (Wildman–Crippen LogP) is 4.21. The van der Waals surface area contributed by atoms with Gasteiger partial charge in [0.15, 0.2) is 0 Å². The van der Waals surface area contributed by atoms with Crippen LogP contribution >= 0.6 is 35.2 Å². The number of carbonyl (C=O) groups is 2. The van der Waals surface area contributed by atoms with Gasteiger partial charge in [-0.3, -0.25) is 9.59 Å². The lowest BCUT2D eigenvalue weighted by atomic mass is 10.1. The number of benzene rings is 3. The van der Waals surface area contributed by atoms with Crippen LogP contribution in [0.25, 0.3) is 33.1 Å². The number of hydrogen-bond donors (Lipinski definition) is 2. The van der Waals surface area contributed by atoms with E-state index in [1.807, 2.05) is 0 Å².